The number of amides is 2. The molecule has 2 amide bonds. The summed E-state index contributed by atoms with van der Waals surface area (Å²) >= 11 is 0. The molecule has 0 fully saturated rings. The number of aldehydes is 1. The van der Waals surface area contributed by atoms with Crippen molar-refractivity contribution < 1.29 is 14.4 Å². The SMILES string of the molecule is CC=O.CNc1cc(C(=O)Nc2cc(/C(C)=N\NC(=N)N)cc(/C(C)=N\NC(=N)N)c2)cc(C(=O)Nc2cc(/C(C)=N\NC(=N)N)cc(/C(C)=N/NC(=N)N)c2)c1. The standard InChI is InChI=1S/C33H43N19O2.C2H4O/c1-15(45-49-30(34)35)19-6-20(16(2)46-50-31(36)37)10-26(9-19)43-28(53)23-8-24(14-25(13-23)42-5)29(54)44-27-11-21(17(3)47-51-32(38)39)7-22(12-27)18(4)48-52-33(40)41;1-2-3/h6-14,42H,1-5H3,(H,43,53)(H,44,54)(H4,34,35,49)(H4,36,37,50)(H4,38,39,51)(H4,40,41,52);2H,1H3/b45-15-,46-16-,47-17-,48-18+;. The summed E-state index contributed by atoms with van der Waals surface area (Å²) in [5, 5.41) is 54.7. The lowest BCUT2D eigenvalue weighted by Gasteiger charge is -2.14. The van der Waals surface area contributed by atoms with Crippen molar-refractivity contribution >= 4 is 81.8 Å². The van der Waals surface area contributed by atoms with E-state index in [4.69, 9.17) is 49.4 Å². The van der Waals surface area contributed by atoms with Gasteiger partial charge in [0.2, 0.25) is 23.8 Å². The van der Waals surface area contributed by atoms with Crippen molar-refractivity contribution in [1.82, 2.24) is 21.7 Å². The first-order chi connectivity index (χ1) is 26.9. The van der Waals surface area contributed by atoms with Gasteiger partial charge in [0, 0.05) is 57.5 Å². The quantitative estimate of drug-likeness (QED) is 0.0504. The lowest BCUT2D eigenvalue weighted by Crippen LogP contribution is -2.27. The first-order valence-electron chi connectivity index (χ1n) is 16.6. The summed E-state index contributed by atoms with van der Waals surface area (Å²) in [5.74, 6) is -2.55. The number of nitrogens with one attached hydrogen (secondary N) is 11. The van der Waals surface area contributed by atoms with Crippen molar-refractivity contribution in [1.29, 1.82) is 21.6 Å². The molecule has 0 aliphatic rings. The van der Waals surface area contributed by atoms with E-state index >= 15 is 0 Å². The van der Waals surface area contributed by atoms with Gasteiger partial charge in [-0.25, -0.2) is 21.7 Å². The first kappa shape index (κ1) is 45.0. The predicted molar refractivity (Wildman–Crippen MR) is 226 cm³/mol. The summed E-state index contributed by atoms with van der Waals surface area (Å²) in [7, 11) is 1.65. The number of hydrogen-bond donors (Lipinski definition) is 15. The van der Waals surface area contributed by atoms with Crippen LogP contribution in [0.3, 0.4) is 0 Å². The Kier molecular flexibility index (Phi) is 17.0. The highest BCUT2D eigenvalue weighted by molar-refractivity contribution is 6.12. The highest BCUT2D eigenvalue weighted by atomic mass is 16.2. The second kappa shape index (κ2) is 21.5. The normalized spacial score (nSPS) is 11.5. The van der Waals surface area contributed by atoms with Gasteiger partial charge < -0.3 is 43.7 Å². The van der Waals surface area contributed by atoms with Gasteiger partial charge in [-0.3, -0.25) is 31.2 Å². The van der Waals surface area contributed by atoms with Crippen LogP contribution >= 0.6 is 0 Å². The van der Waals surface area contributed by atoms with Crippen LogP contribution in [0.5, 0.6) is 0 Å². The maximum absolute atomic E-state index is 13.7. The fraction of sp³-hybridized carbons (Fsp3) is 0.171. The van der Waals surface area contributed by atoms with Crippen LogP contribution in [0.1, 0.15) is 77.6 Å². The number of nitrogens with zero attached hydrogens (tertiary/aromatic N) is 4. The molecule has 3 rings (SSSR count). The smallest absolute Gasteiger partial charge is 0.255 e. The van der Waals surface area contributed by atoms with Crippen molar-refractivity contribution in [3.05, 3.63) is 88.0 Å². The number of nitrogens with two attached hydrogens (primary N) is 4. The fourth-order valence-electron chi connectivity index (χ4n) is 4.51. The van der Waals surface area contributed by atoms with E-state index in [1.165, 1.54) is 13.0 Å². The molecule has 300 valence electrons. The minimum Gasteiger partial charge on any atom is -0.388 e. The molecule has 0 bridgehead atoms. The van der Waals surface area contributed by atoms with E-state index in [1.807, 2.05) is 0 Å². The number of hydrogen-bond acceptors (Lipinski definition) is 12. The summed E-state index contributed by atoms with van der Waals surface area (Å²) in [4.78, 5) is 36.3. The zero-order valence-corrected chi connectivity index (χ0v) is 32.1. The molecule has 57 heavy (non-hydrogen) atoms. The Hall–Kier alpha value is -8.17. The molecule has 0 atom stereocenters. The van der Waals surface area contributed by atoms with Gasteiger partial charge in [-0.2, -0.15) is 20.4 Å². The van der Waals surface area contributed by atoms with E-state index in [0.717, 1.165) is 6.29 Å². The highest BCUT2D eigenvalue weighted by Crippen LogP contribution is 2.22. The van der Waals surface area contributed by atoms with Crippen molar-refractivity contribution in [2.75, 3.05) is 23.0 Å². The molecule has 0 aromatic heterocycles. The van der Waals surface area contributed by atoms with Gasteiger partial charge in [0.25, 0.3) is 11.8 Å². The van der Waals surface area contributed by atoms with E-state index < -0.39 is 11.8 Å². The predicted octanol–water partition coefficient (Wildman–Crippen LogP) is 1.27. The van der Waals surface area contributed by atoms with Crippen LogP contribution in [-0.2, 0) is 4.79 Å². The van der Waals surface area contributed by atoms with Crippen LogP contribution in [0.2, 0.25) is 0 Å². The van der Waals surface area contributed by atoms with Gasteiger partial charge in [-0.05, 0) is 89.2 Å². The van der Waals surface area contributed by atoms with E-state index in [2.05, 4.69) is 58.1 Å². The largest absolute Gasteiger partial charge is 0.388 e. The summed E-state index contributed by atoms with van der Waals surface area (Å²) in [6.07, 6.45) is 0.750. The molecule has 0 heterocycles. The summed E-state index contributed by atoms with van der Waals surface area (Å²) in [6.45, 7) is 8.15. The maximum Gasteiger partial charge on any atom is 0.255 e. The summed E-state index contributed by atoms with van der Waals surface area (Å²) < 4.78 is 0. The van der Waals surface area contributed by atoms with Gasteiger partial charge in [0.05, 0.1) is 22.8 Å². The van der Waals surface area contributed by atoms with E-state index in [9.17, 15) is 9.59 Å². The number of hydrazone groups is 4. The van der Waals surface area contributed by atoms with Crippen molar-refractivity contribution in [2.24, 2.45) is 43.3 Å². The molecule has 19 N–H and O–H groups in total. The van der Waals surface area contributed by atoms with E-state index in [0.29, 0.717) is 62.2 Å². The van der Waals surface area contributed by atoms with Crippen molar-refractivity contribution in [2.45, 2.75) is 34.6 Å². The van der Waals surface area contributed by atoms with Crippen LogP contribution in [0, 0.1) is 21.6 Å². The highest BCUT2D eigenvalue weighted by Gasteiger charge is 2.17. The third-order valence-electron chi connectivity index (χ3n) is 7.18. The molecule has 22 heteroatoms. The third kappa shape index (κ3) is 15.0. The molecule has 0 radical (unpaired) electrons. The molecule has 0 saturated carbocycles. The third-order valence-corrected chi connectivity index (χ3v) is 7.18. The van der Waals surface area contributed by atoms with Crippen molar-refractivity contribution in [3.63, 3.8) is 0 Å². The van der Waals surface area contributed by atoms with Crippen LogP contribution in [0.15, 0.2) is 75.0 Å². The van der Waals surface area contributed by atoms with Crippen LogP contribution < -0.4 is 60.6 Å². The topological polar surface area (TPSA) is 384 Å². The van der Waals surface area contributed by atoms with Crippen LogP contribution in [0.4, 0.5) is 17.1 Å². The molecule has 0 spiro atoms. The van der Waals surface area contributed by atoms with Crippen LogP contribution in [0.25, 0.3) is 0 Å². The van der Waals surface area contributed by atoms with Gasteiger partial charge in [-0.1, -0.05) is 0 Å². The number of benzene rings is 3. The Morgan fingerprint density at radius 1 is 0.491 bits per heavy atom. The van der Waals surface area contributed by atoms with E-state index in [1.54, 1.807) is 83.3 Å². The number of guanidine groups is 4. The zero-order valence-electron chi connectivity index (χ0n) is 32.1. The second-order valence-corrected chi connectivity index (χ2v) is 11.7. The number of anilines is 3. The second-order valence-electron chi connectivity index (χ2n) is 11.7. The Bertz CT molecular complexity index is 1930. The average Bonchev–Trinajstić information content (AvgIpc) is 3.16. The maximum atomic E-state index is 13.7. The fourth-order valence-corrected chi connectivity index (χ4v) is 4.51. The molecular formula is C35H47N19O3. The minimum atomic E-state index is -0.545. The Balaban J connectivity index is 0.00000362. The molecule has 22 nitrogen and oxygen atoms in total. The monoisotopic (exact) mass is 781 g/mol. The summed E-state index contributed by atoms with van der Waals surface area (Å²) in [6, 6.07) is 14.7. The zero-order chi connectivity index (χ0) is 42.8. The minimum absolute atomic E-state index is 0.150. The Morgan fingerprint density at radius 2 is 0.719 bits per heavy atom. The molecular weight excluding hydrogens is 735 g/mol. The van der Waals surface area contributed by atoms with Gasteiger partial charge >= 0.3 is 0 Å². The first-order valence-corrected chi connectivity index (χ1v) is 16.6. The number of carbonyl (C=O) groups is 3. The lowest BCUT2D eigenvalue weighted by atomic mass is 10.0. The molecule has 0 unspecified atom stereocenters. The van der Waals surface area contributed by atoms with Gasteiger partial charge in [-0.15, -0.1) is 0 Å². The van der Waals surface area contributed by atoms with Gasteiger partial charge in [0.1, 0.15) is 6.29 Å². The summed E-state index contributed by atoms with van der Waals surface area (Å²) in [5.41, 5.74) is 36.5. The van der Waals surface area contributed by atoms with E-state index in [-0.39, 0.29) is 35.0 Å². The molecule has 0 aliphatic heterocycles. The average molecular weight is 782 g/mol. The Morgan fingerprint density at radius 3 is 0.947 bits per heavy atom. The van der Waals surface area contributed by atoms with Gasteiger partial charge in [0.15, 0.2) is 0 Å². The van der Waals surface area contributed by atoms with Crippen molar-refractivity contribution in [3.8, 4) is 0 Å². The molecule has 3 aromatic rings. The lowest BCUT2D eigenvalue weighted by molar-refractivity contribution is -0.106. The molecule has 0 saturated heterocycles. The number of carbonyl (C=O) groups excluding carboxylic acids is 3. The van der Waals surface area contributed by atoms with Crippen LogP contribution in [-0.4, -0.2) is 71.8 Å². The molecule has 0 aliphatic carbocycles. The number of rotatable bonds is 13. The Labute approximate surface area is 328 Å². The molecule has 3 aromatic carbocycles.